The van der Waals surface area contributed by atoms with Gasteiger partial charge in [-0.1, -0.05) is 46.1 Å². The maximum atomic E-state index is 9.71. The summed E-state index contributed by atoms with van der Waals surface area (Å²) in [5.74, 6) is 0. The Morgan fingerprint density at radius 3 is 3.00 bits per heavy atom. The van der Waals surface area contributed by atoms with Crippen LogP contribution in [0, 0.1) is 0 Å². The molecule has 1 unspecified atom stereocenters. The molecule has 1 atom stereocenters. The van der Waals surface area contributed by atoms with Gasteiger partial charge in [0, 0.05) is 4.47 Å². The highest BCUT2D eigenvalue weighted by atomic mass is 79.9. The van der Waals surface area contributed by atoms with Crippen molar-refractivity contribution >= 4 is 15.9 Å². The van der Waals surface area contributed by atoms with Gasteiger partial charge in [-0.25, -0.2) is 0 Å². The van der Waals surface area contributed by atoms with E-state index in [4.69, 9.17) is 0 Å². The molecule has 0 spiro atoms. The molecule has 0 aliphatic heterocycles. The Kier molecular flexibility index (Phi) is 4.19. The van der Waals surface area contributed by atoms with E-state index in [1.165, 1.54) is 17.6 Å². The number of allylic oxidation sites excluding steroid dienone is 1. The van der Waals surface area contributed by atoms with E-state index in [2.05, 4.69) is 34.1 Å². The molecule has 0 heterocycles. The summed E-state index contributed by atoms with van der Waals surface area (Å²) in [6.07, 6.45) is 7.18. The Bertz CT molecular complexity index is 384. The molecular formula is C14H17BrO. The Morgan fingerprint density at radius 2 is 2.19 bits per heavy atom. The van der Waals surface area contributed by atoms with E-state index in [1.54, 1.807) is 0 Å². The summed E-state index contributed by atoms with van der Waals surface area (Å²) < 4.78 is 1.12. The van der Waals surface area contributed by atoms with Gasteiger partial charge in [0.1, 0.15) is 0 Å². The van der Waals surface area contributed by atoms with Crippen LogP contribution in [-0.4, -0.2) is 11.2 Å². The summed E-state index contributed by atoms with van der Waals surface area (Å²) in [4.78, 5) is 0. The molecule has 2 rings (SSSR count). The number of benzene rings is 1. The van der Waals surface area contributed by atoms with Crippen molar-refractivity contribution in [2.75, 3.05) is 0 Å². The van der Waals surface area contributed by atoms with Gasteiger partial charge in [-0.3, -0.25) is 0 Å². The Labute approximate surface area is 105 Å². The first-order valence-corrected chi connectivity index (χ1v) is 6.65. The maximum absolute atomic E-state index is 9.71. The fourth-order valence-electron chi connectivity index (χ4n) is 2.20. The van der Waals surface area contributed by atoms with Crippen LogP contribution >= 0.6 is 15.9 Å². The normalized spacial score (nSPS) is 21.4. The molecule has 0 saturated carbocycles. The van der Waals surface area contributed by atoms with Crippen LogP contribution in [0.2, 0.25) is 0 Å². The monoisotopic (exact) mass is 280 g/mol. The van der Waals surface area contributed by atoms with E-state index in [9.17, 15) is 5.11 Å². The van der Waals surface area contributed by atoms with Crippen molar-refractivity contribution in [2.24, 2.45) is 0 Å². The first kappa shape index (κ1) is 11.9. The summed E-state index contributed by atoms with van der Waals surface area (Å²) in [5.41, 5.74) is 2.69. The van der Waals surface area contributed by atoms with Crippen LogP contribution in [0.5, 0.6) is 0 Å². The molecule has 1 aromatic carbocycles. The minimum atomic E-state index is -0.232. The largest absolute Gasteiger partial charge is 0.389 e. The molecule has 1 aliphatic rings. The number of hydrogen-bond donors (Lipinski definition) is 1. The van der Waals surface area contributed by atoms with E-state index in [1.807, 2.05) is 12.1 Å². The van der Waals surface area contributed by atoms with Crippen LogP contribution in [0.1, 0.15) is 31.2 Å². The predicted molar refractivity (Wildman–Crippen MR) is 70.4 cm³/mol. The third-order valence-electron chi connectivity index (χ3n) is 3.00. The molecular weight excluding hydrogens is 264 g/mol. The van der Waals surface area contributed by atoms with Gasteiger partial charge >= 0.3 is 0 Å². The van der Waals surface area contributed by atoms with Gasteiger partial charge < -0.3 is 5.11 Å². The van der Waals surface area contributed by atoms with Crippen molar-refractivity contribution < 1.29 is 5.11 Å². The van der Waals surface area contributed by atoms with Crippen LogP contribution in [0.3, 0.4) is 0 Å². The first-order valence-electron chi connectivity index (χ1n) is 5.86. The average Bonchev–Trinajstić information content (AvgIpc) is 2.43. The second-order valence-electron chi connectivity index (χ2n) is 4.44. The lowest BCUT2D eigenvalue weighted by molar-refractivity contribution is 0.211. The zero-order valence-electron chi connectivity index (χ0n) is 9.32. The molecule has 0 aromatic heterocycles. The second kappa shape index (κ2) is 5.65. The zero-order valence-corrected chi connectivity index (χ0v) is 10.9. The Morgan fingerprint density at radius 1 is 1.31 bits per heavy atom. The SMILES string of the molecule is OC1C=C(Cc2cccc(Br)c2)CCCC1. The molecule has 1 aromatic rings. The molecule has 0 saturated heterocycles. The molecule has 0 fully saturated rings. The van der Waals surface area contributed by atoms with Gasteiger partial charge in [-0.2, -0.15) is 0 Å². The second-order valence-corrected chi connectivity index (χ2v) is 5.36. The predicted octanol–water partition coefficient (Wildman–Crippen LogP) is 3.85. The van der Waals surface area contributed by atoms with Crippen molar-refractivity contribution in [1.82, 2.24) is 0 Å². The van der Waals surface area contributed by atoms with Crippen molar-refractivity contribution in [3.63, 3.8) is 0 Å². The smallest absolute Gasteiger partial charge is 0.0723 e. The van der Waals surface area contributed by atoms with Crippen LogP contribution < -0.4 is 0 Å². The lowest BCUT2D eigenvalue weighted by Gasteiger charge is -2.07. The highest BCUT2D eigenvalue weighted by Gasteiger charge is 2.09. The van der Waals surface area contributed by atoms with E-state index >= 15 is 0 Å². The third-order valence-corrected chi connectivity index (χ3v) is 3.49. The lowest BCUT2D eigenvalue weighted by atomic mass is 10.0. The molecule has 16 heavy (non-hydrogen) atoms. The molecule has 1 N–H and O–H groups in total. The van der Waals surface area contributed by atoms with Crippen LogP contribution in [0.4, 0.5) is 0 Å². The number of rotatable bonds is 2. The average molecular weight is 281 g/mol. The van der Waals surface area contributed by atoms with E-state index in [-0.39, 0.29) is 6.10 Å². The number of aliphatic hydroxyl groups is 1. The third kappa shape index (κ3) is 3.46. The summed E-state index contributed by atoms with van der Waals surface area (Å²) in [6, 6.07) is 8.40. The summed E-state index contributed by atoms with van der Waals surface area (Å²) in [6.45, 7) is 0. The molecule has 2 heteroatoms. The summed E-state index contributed by atoms with van der Waals surface area (Å²) >= 11 is 3.49. The standard InChI is InChI=1S/C14H17BrO/c15-13-6-3-5-11(9-13)8-12-4-1-2-7-14(16)10-12/h3,5-6,9-10,14,16H,1-2,4,7-8H2. The van der Waals surface area contributed by atoms with Gasteiger partial charge in [-0.05, 0) is 43.4 Å². The highest BCUT2D eigenvalue weighted by Crippen LogP contribution is 2.22. The van der Waals surface area contributed by atoms with Crippen LogP contribution in [-0.2, 0) is 6.42 Å². The molecule has 0 bridgehead atoms. The Hall–Kier alpha value is -0.600. The van der Waals surface area contributed by atoms with E-state index in [0.717, 1.165) is 30.2 Å². The fourth-order valence-corrected chi connectivity index (χ4v) is 2.65. The molecule has 1 aliphatic carbocycles. The minimum absolute atomic E-state index is 0.232. The van der Waals surface area contributed by atoms with Gasteiger partial charge in [0.05, 0.1) is 6.10 Å². The molecule has 0 amide bonds. The number of hydrogen-bond acceptors (Lipinski definition) is 1. The summed E-state index contributed by atoms with van der Waals surface area (Å²) in [5, 5.41) is 9.71. The molecule has 0 radical (unpaired) electrons. The topological polar surface area (TPSA) is 20.2 Å². The Balaban J connectivity index is 2.08. The van der Waals surface area contributed by atoms with Crippen molar-refractivity contribution in [3.8, 4) is 0 Å². The maximum Gasteiger partial charge on any atom is 0.0723 e. The van der Waals surface area contributed by atoms with Gasteiger partial charge in [0.25, 0.3) is 0 Å². The van der Waals surface area contributed by atoms with Gasteiger partial charge in [0.2, 0.25) is 0 Å². The van der Waals surface area contributed by atoms with Crippen molar-refractivity contribution in [2.45, 2.75) is 38.2 Å². The number of halogens is 1. The first-order chi connectivity index (χ1) is 7.74. The minimum Gasteiger partial charge on any atom is -0.389 e. The van der Waals surface area contributed by atoms with Crippen molar-refractivity contribution in [3.05, 3.63) is 46.0 Å². The van der Waals surface area contributed by atoms with Crippen LogP contribution in [0.25, 0.3) is 0 Å². The molecule has 86 valence electrons. The lowest BCUT2D eigenvalue weighted by Crippen LogP contribution is -2.01. The van der Waals surface area contributed by atoms with E-state index < -0.39 is 0 Å². The molecule has 1 nitrogen and oxygen atoms in total. The zero-order chi connectivity index (χ0) is 11.4. The quantitative estimate of drug-likeness (QED) is 0.816. The van der Waals surface area contributed by atoms with Crippen LogP contribution in [0.15, 0.2) is 40.4 Å². The van der Waals surface area contributed by atoms with Gasteiger partial charge in [-0.15, -0.1) is 0 Å². The van der Waals surface area contributed by atoms with E-state index in [0.29, 0.717) is 0 Å². The highest BCUT2D eigenvalue weighted by molar-refractivity contribution is 9.10. The fraction of sp³-hybridized carbons (Fsp3) is 0.429. The number of aliphatic hydroxyl groups excluding tert-OH is 1. The van der Waals surface area contributed by atoms with Gasteiger partial charge in [0.15, 0.2) is 0 Å². The summed E-state index contributed by atoms with van der Waals surface area (Å²) in [7, 11) is 0. The van der Waals surface area contributed by atoms with Crippen molar-refractivity contribution in [1.29, 1.82) is 0 Å².